The van der Waals surface area contributed by atoms with E-state index < -0.39 is 0 Å². The van der Waals surface area contributed by atoms with Gasteiger partial charge >= 0.3 is 6.03 Å². The predicted octanol–water partition coefficient (Wildman–Crippen LogP) is 2.63. The molecule has 110 valence electrons. The van der Waals surface area contributed by atoms with Crippen LogP contribution in [0.3, 0.4) is 0 Å². The summed E-state index contributed by atoms with van der Waals surface area (Å²) < 4.78 is 0. The molecule has 0 spiro atoms. The van der Waals surface area contributed by atoms with Crippen molar-refractivity contribution in [3.8, 4) is 0 Å². The van der Waals surface area contributed by atoms with Gasteiger partial charge < -0.3 is 4.90 Å². The minimum Gasteiger partial charge on any atom is -0.315 e. The van der Waals surface area contributed by atoms with Crippen molar-refractivity contribution in [1.29, 1.82) is 0 Å². The third kappa shape index (κ3) is 1.48. The van der Waals surface area contributed by atoms with Crippen LogP contribution in [0.5, 0.6) is 0 Å². The van der Waals surface area contributed by atoms with Gasteiger partial charge in [-0.15, -0.1) is 0 Å². The van der Waals surface area contributed by atoms with Gasteiger partial charge in [-0.3, -0.25) is 9.69 Å². The molecule has 0 radical (unpaired) electrons. The van der Waals surface area contributed by atoms with Crippen molar-refractivity contribution in [3.05, 3.63) is 0 Å². The van der Waals surface area contributed by atoms with E-state index in [1.807, 2.05) is 6.92 Å². The van der Waals surface area contributed by atoms with Gasteiger partial charge in [-0.2, -0.15) is 0 Å². The molecule has 3 amide bonds. The first-order valence-electron chi connectivity index (χ1n) is 8.15. The molecule has 1 saturated heterocycles. The summed E-state index contributed by atoms with van der Waals surface area (Å²) in [7, 11) is 1.79. The van der Waals surface area contributed by atoms with E-state index in [2.05, 4.69) is 0 Å². The number of hydrogen-bond acceptors (Lipinski definition) is 2. The number of likely N-dealkylation sites (N-methyl/N-ethyl adjacent to an activating group) is 1. The summed E-state index contributed by atoms with van der Waals surface area (Å²) in [6, 6.07) is -0.265. The molecule has 4 aliphatic carbocycles. The molecule has 1 aliphatic heterocycles. The number of nitrogens with zero attached hydrogens (tertiary/aromatic N) is 2. The summed E-state index contributed by atoms with van der Waals surface area (Å²) in [5.41, 5.74) is -0.124. The standard InChI is InChI=1S/C16H24N2O2/c1-3-13-14(19)18(15(20)17(13)2)16-7-10-4-11(8-16)6-12(5-10)9-16/h10-13H,3-9H2,1-2H3. The number of hydrogen-bond donors (Lipinski definition) is 0. The molecule has 4 bridgehead atoms. The Morgan fingerprint density at radius 1 is 1.05 bits per heavy atom. The van der Waals surface area contributed by atoms with Crippen LogP contribution in [0.25, 0.3) is 0 Å². The van der Waals surface area contributed by atoms with Crippen LogP contribution in [0.2, 0.25) is 0 Å². The number of imide groups is 1. The van der Waals surface area contributed by atoms with Crippen LogP contribution in [0.1, 0.15) is 51.9 Å². The fourth-order valence-corrected chi connectivity index (χ4v) is 5.92. The van der Waals surface area contributed by atoms with Gasteiger partial charge in [0.2, 0.25) is 0 Å². The summed E-state index contributed by atoms with van der Waals surface area (Å²) in [6.45, 7) is 2.00. The zero-order valence-electron chi connectivity index (χ0n) is 12.5. The lowest BCUT2D eigenvalue weighted by Crippen LogP contribution is -2.61. The first-order valence-corrected chi connectivity index (χ1v) is 8.15. The third-order valence-corrected chi connectivity index (χ3v) is 6.33. The molecule has 1 atom stereocenters. The molecular weight excluding hydrogens is 252 g/mol. The normalized spacial score (nSPS) is 46.7. The molecule has 5 fully saturated rings. The lowest BCUT2D eigenvalue weighted by atomic mass is 9.52. The molecule has 4 heteroatoms. The molecule has 0 aromatic heterocycles. The van der Waals surface area contributed by atoms with Gasteiger partial charge in [-0.25, -0.2) is 4.79 Å². The molecule has 0 aromatic rings. The second-order valence-electron chi connectivity index (χ2n) is 7.63. The lowest BCUT2D eigenvalue weighted by Gasteiger charge is -2.58. The highest BCUT2D eigenvalue weighted by atomic mass is 16.2. The first-order chi connectivity index (χ1) is 9.54. The summed E-state index contributed by atoms with van der Waals surface area (Å²) >= 11 is 0. The van der Waals surface area contributed by atoms with Crippen LogP contribution < -0.4 is 0 Å². The zero-order chi connectivity index (χ0) is 14.1. The van der Waals surface area contributed by atoms with Gasteiger partial charge in [-0.05, 0) is 62.7 Å². The predicted molar refractivity (Wildman–Crippen MR) is 75.0 cm³/mol. The van der Waals surface area contributed by atoms with Crippen molar-refractivity contribution in [1.82, 2.24) is 9.80 Å². The van der Waals surface area contributed by atoms with Crippen LogP contribution in [0, 0.1) is 17.8 Å². The third-order valence-electron chi connectivity index (χ3n) is 6.33. The zero-order valence-corrected chi connectivity index (χ0v) is 12.5. The second-order valence-corrected chi connectivity index (χ2v) is 7.63. The Labute approximate surface area is 120 Å². The maximum atomic E-state index is 12.7. The highest BCUT2D eigenvalue weighted by molar-refractivity contribution is 6.04. The van der Waals surface area contributed by atoms with Gasteiger partial charge in [0.15, 0.2) is 0 Å². The summed E-state index contributed by atoms with van der Waals surface area (Å²) in [5, 5.41) is 0. The monoisotopic (exact) mass is 276 g/mol. The number of amides is 3. The van der Waals surface area contributed by atoms with E-state index in [0.29, 0.717) is 0 Å². The maximum Gasteiger partial charge on any atom is 0.327 e. The SMILES string of the molecule is CCC1C(=O)N(C23CC4CC(CC(C4)C2)C3)C(=O)N1C. The van der Waals surface area contributed by atoms with Crippen LogP contribution in [-0.2, 0) is 4.79 Å². The molecule has 4 nitrogen and oxygen atoms in total. The quantitative estimate of drug-likeness (QED) is 0.727. The van der Waals surface area contributed by atoms with Crippen molar-refractivity contribution < 1.29 is 9.59 Å². The van der Waals surface area contributed by atoms with Crippen LogP contribution in [-0.4, -0.2) is 40.4 Å². The van der Waals surface area contributed by atoms with E-state index in [1.54, 1.807) is 16.8 Å². The van der Waals surface area contributed by atoms with Crippen LogP contribution in [0.4, 0.5) is 4.79 Å². The maximum absolute atomic E-state index is 12.7. The second kappa shape index (κ2) is 3.99. The Kier molecular flexibility index (Phi) is 2.52. The van der Waals surface area contributed by atoms with Gasteiger partial charge in [0.25, 0.3) is 5.91 Å². The van der Waals surface area contributed by atoms with Crippen molar-refractivity contribution in [2.45, 2.75) is 63.5 Å². The summed E-state index contributed by atoms with van der Waals surface area (Å²) in [5.74, 6) is 2.34. The first kappa shape index (κ1) is 12.7. The molecule has 4 saturated carbocycles. The van der Waals surface area contributed by atoms with E-state index in [4.69, 9.17) is 0 Å². The highest BCUT2D eigenvalue weighted by Crippen LogP contribution is 2.58. The Hall–Kier alpha value is -1.06. The Bertz CT molecular complexity index is 438. The fraction of sp³-hybridized carbons (Fsp3) is 0.875. The molecule has 1 unspecified atom stereocenters. The smallest absolute Gasteiger partial charge is 0.315 e. The molecule has 1 heterocycles. The molecule has 0 aromatic carbocycles. The van der Waals surface area contributed by atoms with E-state index >= 15 is 0 Å². The molecule has 20 heavy (non-hydrogen) atoms. The van der Waals surface area contributed by atoms with Gasteiger partial charge in [0.1, 0.15) is 6.04 Å². The van der Waals surface area contributed by atoms with Gasteiger partial charge in [0, 0.05) is 7.05 Å². The fourth-order valence-electron chi connectivity index (χ4n) is 5.92. The Morgan fingerprint density at radius 3 is 1.95 bits per heavy atom. The number of urea groups is 1. The topological polar surface area (TPSA) is 40.6 Å². The van der Waals surface area contributed by atoms with Crippen LogP contribution >= 0.6 is 0 Å². The lowest BCUT2D eigenvalue weighted by molar-refractivity contribution is -0.141. The molecule has 0 N–H and O–H groups in total. The number of carbonyl (C=O) groups is 2. The summed E-state index contributed by atoms with van der Waals surface area (Å²) in [6.07, 6.45) is 7.94. The molecule has 5 rings (SSSR count). The minimum atomic E-state index is -0.226. The number of rotatable bonds is 2. The van der Waals surface area contributed by atoms with E-state index in [9.17, 15) is 9.59 Å². The van der Waals surface area contributed by atoms with Gasteiger partial charge in [0.05, 0.1) is 5.54 Å². The largest absolute Gasteiger partial charge is 0.327 e. The minimum absolute atomic E-state index is 0.0381. The average molecular weight is 276 g/mol. The van der Waals surface area contributed by atoms with Crippen LogP contribution in [0.15, 0.2) is 0 Å². The average Bonchev–Trinajstić information content (AvgIpc) is 2.58. The van der Waals surface area contributed by atoms with Crippen molar-refractivity contribution in [2.24, 2.45) is 17.8 Å². The molecule has 5 aliphatic rings. The molecular formula is C16H24N2O2. The van der Waals surface area contributed by atoms with E-state index in [0.717, 1.165) is 43.4 Å². The highest BCUT2D eigenvalue weighted by Gasteiger charge is 2.59. The van der Waals surface area contributed by atoms with Gasteiger partial charge in [-0.1, -0.05) is 6.92 Å². The summed E-state index contributed by atoms with van der Waals surface area (Å²) in [4.78, 5) is 28.7. The van der Waals surface area contributed by atoms with Crippen molar-refractivity contribution in [2.75, 3.05) is 7.05 Å². The number of carbonyl (C=O) groups excluding carboxylic acids is 2. The van der Waals surface area contributed by atoms with Crippen molar-refractivity contribution in [3.63, 3.8) is 0 Å². The van der Waals surface area contributed by atoms with Crippen molar-refractivity contribution >= 4 is 11.9 Å². The Balaban J connectivity index is 1.70. The Morgan fingerprint density at radius 2 is 1.55 bits per heavy atom. The van der Waals surface area contributed by atoms with E-state index in [-0.39, 0.29) is 23.5 Å². The van der Waals surface area contributed by atoms with E-state index in [1.165, 1.54) is 19.3 Å².